The number of aliphatic hydroxyl groups is 1. The molecule has 0 aromatic rings. The summed E-state index contributed by atoms with van der Waals surface area (Å²) in [6.45, 7) is 0. The predicted octanol–water partition coefficient (Wildman–Crippen LogP) is 1.18. The first kappa shape index (κ1) is 8.75. The zero-order chi connectivity index (χ0) is 9.47. The second kappa shape index (κ2) is 2.84. The zero-order valence-electron chi connectivity index (χ0n) is 7.44. The highest BCUT2D eigenvalue weighted by Gasteiger charge is 2.49. The van der Waals surface area contributed by atoms with Crippen molar-refractivity contribution < 1.29 is 15.0 Å². The third-order valence-electron chi connectivity index (χ3n) is 3.39. The monoisotopic (exact) mass is 182 g/mol. The molecule has 0 saturated heterocycles. The van der Waals surface area contributed by atoms with Crippen LogP contribution in [0.3, 0.4) is 0 Å². The third-order valence-corrected chi connectivity index (χ3v) is 3.39. The molecule has 3 nitrogen and oxygen atoms in total. The Kier molecular flexibility index (Phi) is 1.91. The van der Waals surface area contributed by atoms with Crippen LogP contribution in [0.15, 0.2) is 12.2 Å². The lowest BCUT2D eigenvalue weighted by atomic mass is 9.86. The summed E-state index contributed by atoms with van der Waals surface area (Å²) < 4.78 is 0. The fourth-order valence-electron chi connectivity index (χ4n) is 2.61. The molecule has 1 saturated carbocycles. The summed E-state index contributed by atoms with van der Waals surface area (Å²) in [5.41, 5.74) is -0.738. The SMILES string of the molecule is O=C(O)CCC1(O)[C@@H]2C=C[C@H]1CC2. The maximum absolute atomic E-state index is 10.4. The number of carboxylic acids is 1. The van der Waals surface area contributed by atoms with Crippen LogP contribution < -0.4 is 0 Å². The van der Waals surface area contributed by atoms with E-state index in [1.54, 1.807) is 0 Å². The fraction of sp³-hybridized carbons (Fsp3) is 0.700. The minimum absolute atomic E-state index is 0.0746. The maximum Gasteiger partial charge on any atom is 0.303 e. The Morgan fingerprint density at radius 2 is 1.92 bits per heavy atom. The van der Waals surface area contributed by atoms with Gasteiger partial charge in [-0.3, -0.25) is 4.79 Å². The topological polar surface area (TPSA) is 57.5 Å². The molecular formula is C10H14O3. The van der Waals surface area contributed by atoms with Crippen LogP contribution >= 0.6 is 0 Å². The maximum atomic E-state index is 10.4. The van der Waals surface area contributed by atoms with Gasteiger partial charge in [0.25, 0.3) is 0 Å². The van der Waals surface area contributed by atoms with Crippen LogP contribution in [-0.4, -0.2) is 21.8 Å². The molecule has 0 heterocycles. The summed E-state index contributed by atoms with van der Waals surface area (Å²) in [6, 6.07) is 0. The molecule has 0 aromatic heterocycles. The normalized spacial score (nSPS) is 41.3. The van der Waals surface area contributed by atoms with Gasteiger partial charge in [0.05, 0.1) is 5.60 Å². The van der Waals surface area contributed by atoms with E-state index in [-0.39, 0.29) is 18.3 Å². The molecule has 0 spiro atoms. The van der Waals surface area contributed by atoms with Crippen molar-refractivity contribution in [1.29, 1.82) is 0 Å². The van der Waals surface area contributed by atoms with E-state index in [9.17, 15) is 9.90 Å². The quantitative estimate of drug-likeness (QED) is 0.644. The summed E-state index contributed by atoms with van der Waals surface area (Å²) in [5.74, 6) is -0.409. The average molecular weight is 182 g/mol. The van der Waals surface area contributed by atoms with E-state index in [1.807, 2.05) is 12.2 Å². The van der Waals surface area contributed by atoms with Gasteiger partial charge in [0, 0.05) is 18.3 Å². The molecular weight excluding hydrogens is 168 g/mol. The summed E-state index contributed by atoms with van der Waals surface area (Å²) >= 11 is 0. The Balaban J connectivity index is 2.02. The minimum Gasteiger partial charge on any atom is -0.481 e. The highest BCUT2D eigenvalue weighted by Crippen LogP contribution is 2.49. The van der Waals surface area contributed by atoms with Crippen LogP contribution in [-0.2, 0) is 4.79 Å². The van der Waals surface area contributed by atoms with Crippen LogP contribution in [0.5, 0.6) is 0 Å². The molecule has 2 N–H and O–H groups in total. The molecule has 0 amide bonds. The number of hydrogen-bond donors (Lipinski definition) is 2. The number of hydrogen-bond acceptors (Lipinski definition) is 2. The molecule has 2 rings (SSSR count). The van der Waals surface area contributed by atoms with Crippen LogP contribution in [0.4, 0.5) is 0 Å². The predicted molar refractivity (Wildman–Crippen MR) is 47.2 cm³/mol. The molecule has 2 aliphatic rings. The van der Waals surface area contributed by atoms with E-state index in [0.717, 1.165) is 12.8 Å². The van der Waals surface area contributed by atoms with Crippen LogP contribution in [0.2, 0.25) is 0 Å². The number of aliphatic carboxylic acids is 1. The molecule has 1 unspecified atom stereocenters. The van der Waals surface area contributed by atoms with Crippen molar-refractivity contribution in [1.82, 2.24) is 0 Å². The second-order valence-corrected chi connectivity index (χ2v) is 4.06. The number of carbonyl (C=O) groups is 1. The summed E-state index contributed by atoms with van der Waals surface area (Å²) in [7, 11) is 0. The lowest BCUT2D eigenvalue weighted by Crippen LogP contribution is -2.35. The Morgan fingerprint density at radius 3 is 2.31 bits per heavy atom. The van der Waals surface area contributed by atoms with Crippen molar-refractivity contribution in [2.75, 3.05) is 0 Å². The van der Waals surface area contributed by atoms with Crippen molar-refractivity contribution in [3.63, 3.8) is 0 Å². The molecule has 1 fully saturated rings. The van der Waals surface area contributed by atoms with Gasteiger partial charge in [0.2, 0.25) is 0 Å². The Labute approximate surface area is 77.1 Å². The molecule has 3 heteroatoms. The van der Waals surface area contributed by atoms with E-state index in [0.29, 0.717) is 6.42 Å². The van der Waals surface area contributed by atoms with Crippen molar-refractivity contribution in [2.24, 2.45) is 11.8 Å². The van der Waals surface area contributed by atoms with Crippen LogP contribution in [0.1, 0.15) is 25.7 Å². The Morgan fingerprint density at radius 1 is 1.38 bits per heavy atom. The molecule has 72 valence electrons. The number of carboxylic acid groups (broad SMARTS) is 1. The van der Waals surface area contributed by atoms with Gasteiger partial charge in [-0.1, -0.05) is 12.2 Å². The Hall–Kier alpha value is -0.830. The van der Waals surface area contributed by atoms with Crippen molar-refractivity contribution in [2.45, 2.75) is 31.3 Å². The molecule has 2 aliphatic carbocycles. The van der Waals surface area contributed by atoms with Crippen molar-refractivity contribution >= 4 is 5.97 Å². The molecule has 0 aliphatic heterocycles. The number of fused-ring (bicyclic) bond motifs is 2. The second-order valence-electron chi connectivity index (χ2n) is 4.06. The highest BCUT2D eigenvalue weighted by molar-refractivity contribution is 5.66. The van der Waals surface area contributed by atoms with Gasteiger partial charge in [-0.2, -0.15) is 0 Å². The van der Waals surface area contributed by atoms with Gasteiger partial charge < -0.3 is 10.2 Å². The average Bonchev–Trinajstić information content (AvgIpc) is 2.58. The van der Waals surface area contributed by atoms with Gasteiger partial charge in [-0.25, -0.2) is 0 Å². The largest absolute Gasteiger partial charge is 0.481 e. The lowest BCUT2D eigenvalue weighted by molar-refractivity contribution is -0.139. The van der Waals surface area contributed by atoms with Gasteiger partial charge in [0.15, 0.2) is 0 Å². The van der Waals surface area contributed by atoms with Gasteiger partial charge in [0.1, 0.15) is 0 Å². The fourth-order valence-corrected chi connectivity index (χ4v) is 2.61. The van der Waals surface area contributed by atoms with Crippen LogP contribution in [0, 0.1) is 11.8 Å². The van der Waals surface area contributed by atoms with Crippen molar-refractivity contribution in [3.05, 3.63) is 12.2 Å². The zero-order valence-corrected chi connectivity index (χ0v) is 7.44. The van der Waals surface area contributed by atoms with Gasteiger partial charge in [-0.15, -0.1) is 0 Å². The van der Waals surface area contributed by atoms with E-state index in [2.05, 4.69) is 0 Å². The molecule has 13 heavy (non-hydrogen) atoms. The van der Waals surface area contributed by atoms with E-state index in [1.165, 1.54) is 0 Å². The minimum atomic E-state index is -0.820. The third kappa shape index (κ3) is 1.27. The molecule has 3 atom stereocenters. The van der Waals surface area contributed by atoms with E-state index >= 15 is 0 Å². The number of rotatable bonds is 3. The van der Waals surface area contributed by atoms with E-state index < -0.39 is 11.6 Å². The lowest BCUT2D eigenvalue weighted by Gasteiger charge is -2.27. The standard InChI is InChI=1S/C10H14O3/c11-9(12)5-6-10(13)7-1-2-8(10)4-3-7/h1-2,7-8,13H,3-6H2,(H,11,12)/t7-,8+,10?. The van der Waals surface area contributed by atoms with Gasteiger partial charge in [-0.05, 0) is 19.3 Å². The Bertz CT molecular complexity index is 243. The molecule has 0 aromatic carbocycles. The summed E-state index contributed by atoms with van der Waals surface area (Å²) in [4.78, 5) is 10.4. The van der Waals surface area contributed by atoms with Crippen LogP contribution in [0.25, 0.3) is 0 Å². The van der Waals surface area contributed by atoms with E-state index in [4.69, 9.17) is 5.11 Å². The molecule has 0 radical (unpaired) electrons. The van der Waals surface area contributed by atoms with Crippen molar-refractivity contribution in [3.8, 4) is 0 Å². The summed E-state index contributed by atoms with van der Waals surface area (Å²) in [6.07, 6.45) is 6.57. The summed E-state index contributed by atoms with van der Waals surface area (Å²) in [5, 5.41) is 18.8. The van der Waals surface area contributed by atoms with Gasteiger partial charge >= 0.3 is 5.97 Å². The first-order valence-corrected chi connectivity index (χ1v) is 4.75. The first-order valence-electron chi connectivity index (χ1n) is 4.75. The molecule has 2 bridgehead atoms. The highest BCUT2D eigenvalue weighted by atomic mass is 16.4. The first-order chi connectivity index (χ1) is 6.13. The smallest absolute Gasteiger partial charge is 0.303 e.